The Kier molecular flexibility index (Phi) is 5.52. The van der Waals surface area contributed by atoms with E-state index in [-0.39, 0.29) is 11.3 Å². The molecule has 1 aliphatic heterocycles. The molecule has 0 bridgehead atoms. The standard InChI is InChI=1S/C24H30N6O/c1-17-18(2)30(16-27-17)22-14-21(25-15-26-22)28-10-12-29(13-11-28)23(31)19-6-8-20(9-7-19)24(3,4)5/h6-9,14-16H,10-13H2,1-5H3. The Morgan fingerprint density at radius 1 is 0.903 bits per heavy atom. The zero-order valence-electron chi connectivity index (χ0n) is 19.0. The fourth-order valence-electron chi connectivity index (χ4n) is 3.81. The Morgan fingerprint density at radius 3 is 2.13 bits per heavy atom. The van der Waals surface area contributed by atoms with Gasteiger partial charge >= 0.3 is 0 Å². The molecule has 3 aromatic rings. The van der Waals surface area contributed by atoms with Crippen molar-refractivity contribution in [3.05, 3.63) is 65.5 Å². The molecule has 4 rings (SSSR count). The highest BCUT2D eigenvalue weighted by molar-refractivity contribution is 5.94. The molecule has 0 saturated carbocycles. The van der Waals surface area contributed by atoms with E-state index in [1.807, 2.05) is 41.5 Å². The number of rotatable bonds is 3. The maximum atomic E-state index is 13.0. The first-order valence-corrected chi connectivity index (χ1v) is 10.7. The number of amides is 1. The van der Waals surface area contributed by atoms with Gasteiger partial charge in [-0.2, -0.15) is 0 Å². The van der Waals surface area contributed by atoms with Crippen molar-refractivity contribution in [3.63, 3.8) is 0 Å². The number of piperazine rings is 1. The summed E-state index contributed by atoms with van der Waals surface area (Å²) >= 11 is 0. The first kappa shape index (κ1) is 21.0. The van der Waals surface area contributed by atoms with E-state index in [4.69, 9.17) is 0 Å². The molecule has 0 N–H and O–H groups in total. The summed E-state index contributed by atoms with van der Waals surface area (Å²) in [5.41, 5.74) is 4.12. The van der Waals surface area contributed by atoms with Gasteiger partial charge in [-0.3, -0.25) is 9.36 Å². The van der Waals surface area contributed by atoms with Crippen LogP contribution in [0.25, 0.3) is 5.82 Å². The number of hydrogen-bond donors (Lipinski definition) is 0. The van der Waals surface area contributed by atoms with Gasteiger partial charge in [0.1, 0.15) is 24.3 Å². The van der Waals surface area contributed by atoms with Gasteiger partial charge in [-0.15, -0.1) is 0 Å². The van der Waals surface area contributed by atoms with Crippen molar-refractivity contribution in [1.82, 2.24) is 24.4 Å². The molecular formula is C24H30N6O. The van der Waals surface area contributed by atoms with Crippen LogP contribution in [0.15, 0.2) is 43.0 Å². The Morgan fingerprint density at radius 2 is 1.55 bits per heavy atom. The number of hydrogen-bond acceptors (Lipinski definition) is 5. The summed E-state index contributed by atoms with van der Waals surface area (Å²) in [7, 11) is 0. The molecule has 0 unspecified atom stereocenters. The van der Waals surface area contributed by atoms with Gasteiger partial charge in [-0.1, -0.05) is 32.9 Å². The maximum Gasteiger partial charge on any atom is 0.253 e. The van der Waals surface area contributed by atoms with Gasteiger partial charge in [0.15, 0.2) is 0 Å². The highest BCUT2D eigenvalue weighted by Gasteiger charge is 2.24. The smallest absolute Gasteiger partial charge is 0.253 e. The molecule has 0 radical (unpaired) electrons. The van der Waals surface area contributed by atoms with Gasteiger partial charge in [0, 0.05) is 43.5 Å². The quantitative estimate of drug-likeness (QED) is 0.651. The van der Waals surface area contributed by atoms with Gasteiger partial charge in [0.05, 0.1) is 5.69 Å². The zero-order chi connectivity index (χ0) is 22.2. The van der Waals surface area contributed by atoms with Gasteiger partial charge in [0.2, 0.25) is 0 Å². The lowest BCUT2D eigenvalue weighted by Crippen LogP contribution is -2.49. The van der Waals surface area contributed by atoms with Crippen LogP contribution in [0, 0.1) is 13.8 Å². The van der Waals surface area contributed by atoms with Crippen molar-refractivity contribution in [2.45, 2.75) is 40.0 Å². The van der Waals surface area contributed by atoms with Crippen molar-refractivity contribution in [3.8, 4) is 5.82 Å². The Hall–Kier alpha value is -3.22. The lowest BCUT2D eigenvalue weighted by Gasteiger charge is -2.35. The molecule has 1 saturated heterocycles. The number of aryl methyl sites for hydroxylation is 1. The lowest BCUT2D eigenvalue weighted by atomic mass is 9.86. The molecular weight excluding hydrogens is 388 g/mol. The fraction of sp³-hybridized carbons (Fsp3) is 0.417. The van der Waals surface area contributed by atoms with Gasteiger partial charge in [-0.25, -0.2) is 15.0 Å². The molecule has 0 spiro atoms. The number of carbonyl (C=O) groups excluding carboxylic acids is 1. The summed E-state index contributed by atoms with van der Waals surface area (Å²) in [5.74, 6) is 1.77. The van der Waals surface area contributed by atoms with Crippen molar-refractivity contribution in [1.29, 1.82) is 0 Å². The van der Waals surface area contributed by atoms with Crippen LogP contribution in [0.2, 0.25) is 0 Å². The predicted octanol–water partition coefficient (Wildman–Crippen LogP) is 3.54. The Labute approximate surface area is 183 Å². The lowest BCUT2D eigenvalue weighted by molar-refractivity contribution is 0.0746. The van der Waals surface area contributed by atoms with E-state index in [2.05, 4.69) is 52.8 Å². The fourth-order valence-corrected chi connectivity index (χ4v) is 3.81. The topological polar surface area (TPSA) is 67.2 Å². The third-order valence-corrected chi connectivity index (χ3v) is 6.03. The van der Waals surface area contributed by atoms with E-state index in [9.17, 15) is 4.79 Å². The van der Waals surface area contributed by atoms with Crippen LogP contribution in [-0.4, -0.2) is 56.5 Å². The van der Waals surface area contributed by atoms with E-state index in [1.165, 1.54) is 5.56 Å². The first-order valence-electron chi connectivity index (χ1n) is 10.7. The van der Waals surface area contributed by atoms with Gasteiger partial charge < -0.3 is 9.80 Å². The van der Waals surface area contributed by atoms with Gasteiger partial charge in [-0.05, 0) is 37.0 Å². The summed E-state index contributed by atoms with van der Waals surface area (Å²) in [6.07, 6.45) is 3.38. The number of imidazole rings is 1. The van der Waals surface area contributed by atoms with Crippen LogP contribution in [0.1, 0.15) is 48.1 Å². The second-order valence-corrected chi connectivity index (χ2v) is 9.13. The number of nitrogens with zero attached hydrogens (tertiary/aromatic N) is 6. The Bertz CT molecular complexity index is 1070. The summed E-state index contributed by atoms with van der Waals surface area (Å²) in [6, 6.07) is 10.00. The predicted molar refractivity (Wildman–Crippen MR) is 122 cm³/mol. The molecule has 0 aliphatic carbocycles. The molecule has 31 heavy (non-hydrogen) atoms. The molecule has 2 aromatic heterocycles. The molecule has 1 fully saturated rings. The van der Waals surface area contributed by atoms with E-state index in [1.54, 1.807) is 12.7 Å². The molecule has 7 heteroatoms. The number of benzene rings is 1. The summed E-state index contributed by atoms with van der Waals surface area (Å²) < 4.78 is 1.97. The summed E-state index contributed by atoms with van der Waals surface area (Å²) in [4.78, 5) is 30.3. The molecule has 1 amide bonds. The first-order chi connectivity index (χ1) is 14.7. The van der Waals surface area contributed by atoms with Crippen molar-refractivity contribution in [2.75, 3.05) is 31.1 Å². The van der Waals surface area contributed by atoms with Crippen LogP contribution in [-0.2, 0) is 5.41 Å². The molecule has 7 nitrogen and oxygen atoms in total. The normalized spacial score (nSPS) is 14.7. The highest BCUT2D eigenvalue weighted by Crippen LogP contribution is 2.23. The molecule has 3 heterocycles. The van der Waals surface area contributed by atoms with Crippen molar-refractivity contribution >= 4 is 11.7 Å². The van der Waals surface area contributed by atoms with Crippen molar-refractivity contribution in [2.24, 2.45) is 0 Å². The third-order valence-electron chi connectivity index (χ3n) is 6.03. The summed E-state index contributed by atoms with van der Waals surface area (Å²) in [5, 5.41) is 0. The molecule has 1 aromatic carbocycles. The largest absolute Gasteiger partial charge is 0.353 e. The zero-order valence-corrected chi connectivity index (χ0v) is 19.0. The van der Waals surface area contributed by atoms with Gasteiger partial charge in [0.25, 0.3) is 5.91 Å². The van der Waals surface area contributed by atoms with E-state index in [0.717, 1.165) is 41.7 Å². The minimum atomic E-state index is 0.0809. The van der Waals surface area contributed by atoms with Crippen LogP contribution in [0.3, 0.4) is 0 Å². The minimum absolute atomic E-state index is 0.0809. The van der Waals surface area contributed by atoms with E-state index < -0.39 is 0 Å². The average Bonchev–Trinajstić information content (AvgIpc) is 3.11. The number of aromatic nitrogens is 4. The van der Waals surface area contributed by atoms with E-state index in [0.29, 0.717) is 13.1 Å². The third kappa shape index (κ3) is 4.31. The van der Waals surface area contributed by atoms with Crippen LogP contribution in [0.4, 0.5) is 5.82 Å². The van der Waals surface area contributed by atoms with Crippen LogP contribution < -0.4 is 4.90 Å². The second-order valence-electron chi connectivity index (χ2n) is 9.13. The van der Waals surface area contributed by atoms with Crippen LogP contribution in [0.5, 0.6) is 0 Å². The number of carbonyl (C=O) groups is 1. The molecule has 162 valence electrons. The second kappa shape index (κ2) is 8.13. The van der Waals surface area contributed by atoms with E-state index >= 15 is 0 Å². The van der Waals surface area contributed by atoms with Crippen LogP contribution >= 0.6 is 0 Å². The average molecular weight is 419 g/mol. The summed E-state index contributed by atoms with van der Waals surface area (Å²) in [6.45, 7) is 13.4. The number of anilines is 1. The SMILES string of the molecule is Cc1ncn(-c2cc(N3CCN(C(=O)c4ccc(C(C)(C)C)cc4)CC3)ncn2)c1C. The molecule has 0 atom stereocenters. The monoisotopic (exact) mass is 418 g/mol. The minimum Gasteiger partial charge on any atom is -0.353 e. The molecule has 1 aliphatic rings. The Balaban J connectivity index is 1.42. The van der Waals surface area contributed by atoms with Crippen molar-refractivity contribution < 1.29 is 4.79 Å². The highest BCUT2D eigenvalue weighted by atomic mass is 16.2. The maximum absolute atomic E-state index is 13.0.